The van der Waals surface area contributed by atoms with Crippen molar-refractivity contribution in [3.63, 3.8) is 0 Å². The van der Waals surface area contributed by atoms with E-state index in [1.54, 1.807) is 13.0 Å². The van der Waals surface area contributed by atoms with Gasteiger partial charge in [0.25, 0.3) is 0 Å². The first-order valence-corrected chi connectivity index (χ1v) is 6.61. The lowest BCUT2D eigenvalue weighted by atomic mass is 10.1. The summed E-state index contributed by atoms with van der Waals surface area (Å²) in [5.41, 5.74) is 7.09. The third-order valence-electron chi connectivity index (χ3n) is 3.55. The molecule has 1 aliphatic heterocycles. The van der Waals surface area contributed by atoms with Crippen LogP contribution in [0, 0.1) is 5.82 Å². The number of benzene rings is 1. The van der Waals surface area contributed by atoms with Crippen molar-refractivity contribution in [2.24, 2.45) is 5.73 Å². The zero-order valence-electron chi connectivity index (χ0n) is 11.2. The molecule has 2 N–H and O–H groups in total. The van der Waals surface area contributed by atoms with Gasteiger partial charge in [0.05, 0.1) is 5.69 Å². The van der Waals surface area contributed by atoms with Crippen molar-refractivity contribution in [3.05, 3.63) is 29.6 Å². The molecule has 0 aliphatic carbocycles. The summed E-state index contributed by atoms with van der Waals surface area (Å²) < 4.78 is 14.0. The molecule has 1 aromatic carbocycles. The van der Waals surface area contributed by atoms with Gasteiger partial charge < -0.3 is 15.5 Å². The number of carbonyl (C=O) groups is 1. The average Bonchev–Trinajstić information content (AvgIpc) is 2.64. The van der Waals surface area contributed by atoms with Gasteiger partial charge in [0, 0.05) is 39.6 Å². The molecule has 1 amide bonds. The summed E-state index contributed by atoms with van der Waals surface area (Å²) in [5.74, 6) is -0.159. The molecule has 5 heteroatoms. The second-order valence-electron chi connectivity index (χ2n) is 4.80. The van der Waals surface area contributed by atoms with Crippen LogP contribution in [0.3, 0.4) is 0 Å². The lowest BCUT2D eigenvalue weighted by Gasteiger charge is -2.26. The van der Waals surface area contributed by atoms with Crippen LogP contribution in [-0.2, 0) is 11.3 Å². The molecule has 4 nitrogen and oxygen atoms in total. The van der Waals surface area contributed by atoms with Crippen molar-refractivity contribution in [3.8, 4) is 0 Å². The summed E-state index contributed by atoms with van der Waals surface area (Å²) in [6.07, 6.45) is 0.845. The molecule has 1 saturated heterocycles. The number of nitrogens with two attached hydrogens (primary N) is 1. The van der Waals surface area contributed by atoms with Crippen LogP contribution >= 0.6 is 0 Å². The second-order valence-corrected chi connectivity index (χ2v) is 4.80. The molecule has 0 saturated carbocycles. The Morgan fingerprint density at radius 3 is 2.79 bits per heavy atom. The van der Waals surface area contributed by atoms with E-state index in [0.29, 0.717) is 25.3 Å². The number of nitrogens with zero attached hydrogens (tertiary/aromatic N) is 2. The van der Waals surface area contributed by atoms with E-state index in [2.05, 4.69) is 0 Å². The predicted molar refractivity (Wildman–Crippen MR) is 73.4 cm³/mol. The van der Waals surface area contributed by atoms with Crippen LogP contribution in [0.5, 0.6) is 0 Å². The Bertz CT molecular complexity index is 464. The van der Waals surface area contributed by atoms with Gasteiger partial charge in [-0.2, -0.15) is 0 Å². The molecular weight excluding hydrogens is 245 g/mol. The highest BCUT2D eigenvalue weighted by atomic mass is 19.1. The molecule has 1 aromatic rings. The number of hydrogen-bond donors (Lipinski definition) is 1. The molecule has 2 rings (SSSR count). The van der Waals surface area contributed by atoms with Crippen LogP contribution in [0.1, 0.15) is 18.9 Å². The fraction of sp³-hybridized carbons (Fsp3) is 0.500. The molecule has 1 heterocycles. The number of amides is 1. The monoisotopic (exact) mass is 265 g/mol. The van der Waals surface area contributed by atoms with Crippen molar-refractivity contribution >= 4 is 11.6 Å². The number of hydrogen-bond acceptors (Lipinski definition) is 3. The van der Waals surface area contributed by atoms with Gasteiger partial charge in [0.2, 0.25) is 5.91 Å². The lowest BCUT2D eigenvalue weighted by Crippen LogP contribution is -2.34. The minimum atomic E-state index is -0.237. The van der Waals surface area contributed by atoms with Crippen molar-refractivity contribution in [1.82, 2.24) is 4.90 Å². The van der Waals surface area contributed by atoms with Gasteiger partial charge in [0.15, 0.2) is 0 Å². The van der Waals surface area contributed by atoms with Gasteiger partial charge in [-0.1, -0.05) is 12.1 Å². The Balaban J connectivity index is 2.21. The highest BCUT2D eigenvalue weighted by Crippen LogP contribution is 2.25. The van der Waals surface area contributed by atoms with Crippen LogP contribution in [-0.4, -0.2) is 37.0 Å². The van der Waals surface area contributed by atoms with Crippen molar-refractivity contribution in [1.29, 1.82) is 0 Å². The van der Waals surface area contributed by atoms with E-state index in [-0.39, 0.29) is 11.7 Å². The molecule has 104 valence electrons. The first-order chi connectivity index (χ1) is 9.13. The number of halogens is 1. The van der Waals surface area contributed by atoms with Gasteiger partial charge in [-0.15, -0.1) is 0 Å². The third-order valence-corrected chi connectivity index (χ3v) is 3.55. The zero-order valence-corrected chi connectivity index (χ0v) is 11.2. The number of carbonyl (C=O) groups excluding carboxylic acids is 1. The quantitative estimate of drug-likeness (QED) is 0.878. The Morgan fingerprint density at radius 2 is 2.11 bits per heavy atom. The summed E-state index contributed by atoms with van der Waals surface area (Å²) in [4.78, 5) is 15.2. The topological polar surface area (TPSA) is 49.6 Å². The Labute approximate surface area is 113 Å². The maximum absolute atomic E-state index is 14.0. The molecule has 0 spiro atoms. The number of rotatable bonds is 2. The van der Waals surface area contributed by atoms with E-state index in [1.807, 2.05) is 15.9 Å². The largest absolute Gasteiger partial charge is 0.367 e. The standard InChI is InChI=1S/C14H20FN3O/c1-11(19)17-6-3-7-18(9-8-17)14-12(10-16)4-2-5-13(14)15/h2,4-5H,3,6-10,16H2,1H3. The van der Waals surface area contributed by atoms with Crippen LogP contribution in [0.4, 0.5) is 10.1 Å². The summed E-state index contributed by atoms with van der Waals surface area (Å²) in [6, 6.07) is 4.99. The average molecular weight is 265 g/mol. The first kappa shape index (κ1) is 13.8. The van der Waals surface area contributed by atoms with Crippen LogP contribution in [0.25, 0.3) is 0 Å². The van der Waals surface area contributed by atoms with Gasteiger partial charge in [-0.3, -0.25) is 4.79 Å². The molecular formula is C14H20FN3O. The summed E-state index contributed by atoms with van der Waals surface area (Å²) in [7, 11) is 0. The Kier molecular flexibility index (Phi) is 4.37. The highest BCUT2D eigenvalue weighted by molar-refractivity contribution is 5.73. The normalized spacial score (nSPS) is 16.4. The van der Waals surface area contributed by atoms with Crippen molar-refractivity contribution in [2.45, 2.75) is 19.9 Å². The number of para-hydroxylation sites is 1. The van der Waals surface area contributed by atoms with Crippen LogP contribution in [0.15, 0.2) is 18.2 Å². The molecule has 1 fully saturated rings. The number of anilines is 1. The molecule has 19 heavy (non-hydrogen) atoms. The molecule has 0 aromatic heterocycles. The summed E-state index contributed by atoms with van der Waals surface area (Å²) >= 11 is 0. The molecule has 0 bridgehead atoms. The SMILES string of the molecule is CC(=O)N1CCCN(c2c(F)cccc2CN)CC1. The predicted octanol–water partition coefficient (Wildman–Crippen LogP) is 1.34. The van der Waals surface area contributed by atoms with Crippen LogP contribution in [0.2, 0.25) is 0 Å². The maximum Gasteiger partial charge on any atom is 0.219 e. The minimum Gasteiger partial charge on any atom is -0.367 e. The summed E-state index contributed by atoms with van der Waals surface area (Å²) in [6.45, 7) is 4.65. The highest BCUT2D eigenvalue weighted by Gasteiger charge is 2.20. The fourth-order valence-electron chi connectivity index (χ4n) is 2.53. The molecule has 1 aliphatic rings. The van der Waals surface area contributed by atoms with Crippen molar-refractivity contribution in [2.75, 3.05) is 31.1 Å². The Morgan fingerprint density at radius 1 is 1.32 bits per heavy atom. The van der Waals surface area contributed by atoms with E-state index in [0.717, 1.165) is 25.1 Å². The van der Waals surface area contributed by atoms with E-state index in [9.17, 15) is 9.18 Å². The van der Waals surface area contributed by atoms with Crippen molar-refractivity contribution < 1.29 is 9.18 Å². The van der Waals surface area contributed by atoms with Gasteiger partial charge in [-0.25, -0.2) is 4.39 Å². The smallest absolute Gasteiger partial charge is 0.219 e. The minimum absolute atomic E-state index is 0.0782. The second kappa shape index (κ2) is 6.02. The van der Waals surface area contributed by atoms with Crippen LogP contribution < -0.4 is 10.6 Å². The fourth-order valence-corrected chi connectivity index (χ4v) is 2.53. The van der Waals surface area contributed by atoms with E-state index in [1.165, 1.54) is 6.07 Å². The van der Waals surface area contributed by atoms with Gasteiger partial charge in [-0.05, 0) is 18.1 Å². The van der Waals surface area contributed by atoms with Gasteiger partial charge in [0.1, 0.15) is 5.82 Å². The van der Waals surface area contributed by atoms with E-state index < -0.39 is 0 Å². The van der Waals surface area contributed by atoms with E-state index in [4.69, 9.17) is 5.73 Å². The first-order valence-electron chi connectivity index (χ1n) is 6.61. The van der Waals surface area contributed by atoms with E-state index >= 15 is 0 Å². The summed E-state index contributed by atoms with van der Waals surface area (Å²) in [5, 5.41) is 0. The maximum atomic E-state index is 14.0. The molecule has 0 atom stereocenters. The Hall–Kier alpha value is -1.62. The zero-order chi connectivity index (χ0) is 13.8. The van der Waals surface area contributed by atoms with Gasteiger partial charge >= 0.3 is 0 Å². The molecule has 0 unspecified atom stereocenters. The lowest BCUT2D eigenvalue weighted by molar-refractivity contribution is -0.128. The molecule has 0 radical (unpaired) electrons. The third kappa shape index (κ3) is 3.04.